The van der Waals surface area contributed by atoms with E-state index in [1.165, 1.54) is 23.8 Å². The second-order valence-corrected chi connectivity index (χ2v) is 7.23. The van der Waals surface area contributed by atoms with Gasteiger partial charge in [0, 0.05) is 52.3 Å². The highest BCUT2D eigenvalue weighted by Crippen LogP contribution is 2.19. The minimum atomic E-state index is -0.368. The summed E-state index contributed by atoms with van der Waals surface area (Å²) in [7, 11) is 1.55. The van der Waals surface area contributed by atoms with Crippen LogP contribution >= 0.6 is 0 Å². The molecule has 3 amide bonds. The molecule has 1 aromatic heterocycles. The molecule has 0 radical (unpaired) electrons. The predicted molar refractivity (Wildman–Crippen MR) is 102 cm³/mol. The highest BCUT2D eigenvalue weighted by molar-refractivity contribution is 5.97. The van der Waals surface area contributed by atoms with Gasteiger partial charge in [0.05, 0.1) is 18.8 Å². The van der Waals surface area contributed by atoms with Crippen LogP contribution in [0.5, 0.6) is 0 Å². The molecular formula is C19H26N4O5. The molecule has 28 heavy (non-hydrogen) atoms. The number of likely N-dealkylation sites (tertiary alicyclic amines) is 1. The molecule has 152 valence electrons. The SMILES string of the molecule is CC(=O)N1CCC(C(=O)Nc2cc(C(=O)N3CCOCC3)cn(C)c2=O)CC1. The number of nitrogens with zero attached hydrogens (tertiary/aromatic N) is 3. The lowest BCUT2D eigenvalue weighted by atomic mass is 9.96. The molecule has 0 bridgehead atoms. The van der Waals surface area contributed by atoms with Gasteiger partial charge in [0.15, 0.2) is 0 Å². The fourth-order valence-electron chi connectivity index (χ4n) is 3.56. The predicted octanol–water partition coefficient (Wildman–Crippen LogP) is 0.0547. The first-order valence-electron chi connectivity index (χ1n) is 9.51. The summed E-state index contributed by atoms with van der Waals surface area (Å²) in [4.78, 5) is 52.6. The summed E-state index contributed by atoms with van der Waals surface area (Å²) >= 11 is 0. The summed E-state index contributed by atoms with van der Waals surface area (Å²) in [5.41, 5.74) is 0.0827. The maximum absolute atomic E-state index is 12.7. The Balaban J connectivity index is 1.72. The zero-order valence-corrected chi connectivity index (χ0v) is 16.3. The van der Waals surface area contributed by atoms with Gasteiger partial charge in [-0.3, -0.25) is 19.2 Å². The van der Waals surface area contributed by atoms with Crippen LogP contribution in [0, 0.1) is 5.92 Å². The molecule has 3 rings (SSSR count). The third kappa shape index (κ3) is 4.41. The third-order valence-electron chi connectivity index (χ3n) is 5.30. The topological polar surface area (TPSA) is 101 Å². The number of rotatable bonds is 3. The number of ether oxygens (including phenoxy) is 1. The first-order valence-corrected chi connectivity index (χ1v) is 9.51. The minimum Gasteiger partial charge on any atom is -0.378 e. The van der Waals surface area contributed by atoms with E-state index in [2.05, 4.69) is 5.32 Å². The quantitative estimate of drug-likeness (QED) is 0.786. The van der Waals surface area contributed by atoms with Gasteiger partial charge < -0.3 is 24.4 Å². The van der Waals surface area contributed by atoms with Crippen LogP contribution < -0.4 is 10.9 Å². The molecule has 0 aromatic carbocycles. The molecule has 9 heteroatoms. The average Bonchev–Trinajstić information content (AvgIpc) is 2.71. The Hall–Kier alpha value is -2.68. The maximum atomic E-state index is 12.7. The van der Waals surface area contributed by atoms with E-state index in [0.29, 0.717) is 57.8 Å². The number of piperidine rings is 1. The minimum absolute atomic E-state index is 0.00190. The van der Waals surface area contributed by atoms with Crippen LogP contribution in [0.3, 0.4) is 0 Å². The summed E-state index contributed by atoms with van der Waals surface area (Å²) in [6.45, 7) is 4.54. The number of carbonyl (C=O) groups is 3. The number of morpholine rings is 1. The number of pyridine rings is 1. The van der Waals surface area contributed by atoms with Crippen LogP contribution in [0.15, 0.2) is 17.1 Å². The van der Waals surface area contributed by atoms with Crippen molar-refractivity contribution in [3.05, 3.63) is 28.2 Å². The fourth-order valence-corrected chi connectivity index (χ4v) is 3.56. The van der Waals surface area contributed by atoms with E-state index in [1.54, 1.807) is 16.8 Å². The lowest BCUT2D eigenvalue weighted by Gasteiger charge is -2.30. The number of hydrogen-bond donors (Lipinski definition) is 1. The summed E-state index contributed by atoms with van der Waals surface area (Å²) < 4.78 is 6.57. The Bertz CT molecular complexity index is 820. The van der Waals surface area contributed by atoms with Crippen molar-refractivity contribution >= 4 is 23.4 Å². The van der Waals surface area contributed by atoms with E-state index in [-0.39, 0.29) is 34.9 Å². The number of amides is 3. The Morgan fingerprint density at radius 3 is 2.32 bits per heavy atom. The number of anilines is 1. The van der Waals surface area contributed by atoms with Gasteiger partial charge in [0.2, 0.25) is 11.8 Å². The molecule has 2 aliphatic heterocycles. The molecule has 1 aromatic rings. The highest BCUT2D eigenvalue weighted by atomic mass is 16.5. The van der Waals surface area contributed by atoms with Gasteiger partial charge in [-0.05, 0) is 18.9 Å². The van der Waals surface area contributed by atoms with E-state index >= 15 is 0 Å². The largest absolute Gasteiger partial charge is 0.378 e. The van der Waals surface area contributed by atoms with Crippen LogP contribution in [-0.2, 0) is 21.4 Å². The molecule has 0 unspecified atom stereocenters. The van der Waals surface area contributed by atoms with Crippen LogP contribution in [0.4, 0.5) is 5.69 Å². The van der Waals surface area contributed by atoms with Crippen molar-refractivity contribution < 1.29 is 19.1 Å². The molecule has 0 saturated carbocycles. The van der Waals surface area contributed by atoms with E-state index in [1.807, 2.05) is 0 Å². The Kier molecular flexibility index (Phi) is 6.13. The van der Waals surface area contributed by atoms with Crippen molar-refractivity contribution in [2.24, 2.45) is 13.0 Å². The number of carbonyl (C=O) groups excluding carboxylic acids is 3. The zero-order chi connectivity index (χ0) is 20.3. The summed E-state index contributed by atoms with van der Waals surface area (Å²) in [6.07, 6.45) is 2.59. The van der Waals surface area contributed by atoms with Crippen molar-refractivity contribution in [2.45, 2.75) is 19.8 Å². The van der Waals surface area contributed by atoms with Gasteiger partial charge >= 0.3 is 0 Å². The van der Waals surface area contributed by atoms with Crippen molar-refractivity contribution in [1.82, 2.24) is 14.4 Å². The number of nitrogens with one attached hydrogen (secondary N) is 1. The van der Waals surface area contributed by atoms with Gasteiger partial charge in [0.1, 0.15) is 5.69 Å². The van der Waals surface area contributed by atoms with Crippen molar-refractivity contribution in [3.8, 4) is 0 Å². The summed E-state index contributed by atoms with van der Waals surface area (Å²) in [5, 5.41) is 2.69. The molecular weight excluding hydrogens is 364 g/mol. The highest BCUT2D eigenvalue weighted by Gasteiger charge is 2.27. The summed E-state index contributed by atoms with van der Waals surface area (Å²) in [5.74, 6) is -0.707. The van der Waals surface area contributed by atoms with E-state index in [4.69, 9.17) is 4.74 Å². The van der Waals surface area contributed by atoms with Gasteiger partial charge in [-0.15, -0.1) is 0 Å². The van der Waals surface area contributed by atoms with Crippen LogP contribution in [0.1, 0.15) is 30.1 Å². The Morgan fingerprint density at radius 2 is 1.71 bits per heavy atom. The molecule has 3 heterocycles. The molecule has 0 aliphatic carbocycles. The van der Waals surface area contributed by atoms with Crippen LogP contribution in [0.25, 0.3) is 0 Å². The van der Waals surface area contributed by atoms with Crippen molar-refractivity contribution in [2.75, 3.05) is 44.7 Å². The van der Waals surface area contributed by atoms with E-state index in [0.717, 1.165) is 0 Å². The molecule has 1 N–H and O–H groups in total. The van der Waals surface area contributed by atoms with Gasteiger partial charge in [-0.25, -0.2) is 0 Å². The van der Waals surface area contributed by atoms with Crippen LogP contribution in [-0.4, -0.2) is 71.5 Å². The number of hydrogen-bond acceptors (Lipinski definition) is 5. The second-order valence-electron chi connectivity index (χ2n) is 7.23. The fraction of sp³-hybridized carbons (Fsp3) is 0.579. The van der Waals surface area contributed by atoms with E-state index < -0.39 is 0 Å². The maximum Gasteiger partial charge on any atom is 0.274 e. The van der Waals surface area contributed by atoms with Crippen LogP contribution in [0.2, 0.25) is 0 Å². The first kappa shape index (κ1) is 20.1. The molecule has 0 spiro atoms. The molecule has 9 nitrogen and oxygen atoms in total. The van der Waals surface area contributed by atoms with Gasteiger partial charge in [-0.1, -0.05) is 0 Å². The average molecular weight is 390 g/mol. The smallest absolute Gasteiger partial charge is 0.274 e. The first-order chi connectivity index (χ1) is 13.4. The standard InChI is InChI=1S/C19H26N4O5/c1-13(24)22-5-3-14(4-6-22)17(25)20-16-11-15(12-21(2)19(16)27)18(26)23-7-9-28-10-8-23/h11-12,14H,3-10H2,1-2H3,(H,20,25). The molecule has 0 atom stereocenters. The van der Waals surface area contributed by atoms with Gasteiger partial charge in [-0.2, -0.15) is 0 Å². The normalized spacial score (nSPS) is 18.1. The summed E-state index contributed by atoms with van der Waals surface area (Å²) in [6, 6.07) is 1.45. The Morgan fingerprint density at radius 1 is 1.07 bits per heavy atom. The molecule has 2 aliphatic rings. The lowest BCUT2D eigenvalue weighted by molar-refractivity contribution is -0.132. The monoisotopic (exact) mass is 390 g/mol. The number of aryl methyl sites for hydroxylation is 1. The number of aromatic nitrogens is 1. The second kappa shape index (κ2) is 8.55. The van der Waals surface area contributed by atoms with E-state index in [9.17, 15) is 19.2 Å². The van der Waals surface area contributed by atoms with Gasteiger partial charge in [0.25, 0.3) is 11.5 Å². The Labute approximate surface area is 163 Å². The molecule has 2 fully saturated rings. The van der Waals surface area contributed by atoms with Crippen molar-refractivity contribution in [1.29, 1.82) is 0 Å². The van der Waals surface area contributed by atoms with Crippen molar-refractivity contribution in [3.63, 3.8) is 0 Å². The third-order valence-corrected chi connectivity index (χ3v) is 5.30. The zero-order valence-electron chi connectivity index (χ0n) is 16.3. The molecule has 2 saturated heterocycles. The lowest BCUT2D eigenvalue weighted by Crippen LogP contribution is -2.42.